The minimum atomic E-state index is -1.39. The van der Waals surface area contributed by atoms with E-state index in [2.05, 4.69) is 10.1 Å². The molecule has 1 atom stereocenters. The summed E-state index contributed by atoms with van der Waals surface area (Å²) in [6.45, 7) is 0. The third-order valence-corrected chi connectivity index (χ3v) is 3.53. The Bertz CT molecular complexity index is 641. The second-order valence-corrected chi connectivity index (χ2v) is 5.05. The number of carbonyl (C=O) groups excluding carboxylic acids is 1. The molecule has 0 heterocycles. The summed E-state index contributed by atoms with van der Waals surface area (Å²) in [5.41, 5.74) is 1.40. The van der Waals surface area contributed by atoms with Crippen LogP contribution in [0.2, 0.25) is 10.0 Å². The number of esters is 1. The molecule has 0 aliphatic heterocycles. The van der Waals surface area contributed by atoms with Gasteiger partial charge in [-0.15, -0.1) is 0 Å². The van der Waals surface area contributed by atoms with Crippen molar-refractivity contribution in [1.82, 2.24) is 0 Å². The highest BCUT2D eigenvalue weighted by atomic mass is 35.5. The number of para-hydroxylation sites is 2. The highest BCUT2D eigenvalue weighted by molar-refractivity contribution is 6.39. The van der Waals surface area contributed by atoms with Crippen LogP contribution in [0.25, 0.3) is 0 Å². The number of nitrogens with one attached hydrogen (secondary N) is 1. The van der Waals surface area contributed by atoms with Crippen LogP contribution in [-0.4, -0.2) is 18.2 Å². The van der Waals surface area contributed by atoms with Crippen LogP contribution >= 0.6 is 23.2 Å². The van der Waals surface area contributed by atoms with Crippen LogP contribution in [-0.2, 0) is 9.53 Å². The first-order valence-electron chi connectivity index (χ1n) is 6.10. The number of ether oxygens (including phenoxy) is 1. The molecule has 2 N–H and O–H groups in total. The van der Waals surface area contributed by atoms with Crippen molar-refractivity contribution in [2.75, 3.05) is 12.4 Å². The zero-order chi connectivity index (χ0) is 15.4. The fourth-order valence-corrected chi connectivity index (χ4v) is 2.33. The molecule has 0 saturated carbocycles. The molecule has 1 unspecified atom stereocenters. The molecule has 0 aliphatic carbocycles. The maximum Gasteiger partial charge on any atom is 0.339 e. The van der Waals surface area contributed by atoms with Gasteiger partial charge in [-0.05, 0) is 18.2 Å². The van der Waals surface area contributed by atoms with Crippen molar-refractivity contribution in [2.24, 2.45) is 0 Å². The average Bonchev–Trinajstić information content (AvgIpc) is 2.50. The van der Waals surface area contributed by atoms with Gasteiger partial charge >= 0.3 is 5.97 Å². The Morgan fingerprint density at radius 3 is 2.38 bits per heavy atom. The number of hydrogen-bond donors (Lipinski definition) is 2. The molecule has 2 aromatic rings. The number of aliphatic hydroxyl groups excluding tert-OH is 1. The van der Waals surface area contributed by atoms with Gasteiger partial charge in [-0.2, -0.15) is 0 Å². The SMILES string of the molecule is COC(=O)C(O)c1ccccc1Nc1c(Cl)cccc1Cl. The first kappa shape index (κ1) is 15.6. The third kappa shape index (κ3) is 3.47. The van der Waals surface area contributed by atoms with Gasteiger partial charge in [-0.1, -0.05) is 47.5 Å². The lowest BCUT2D eigenvalue weighted by molar-refractivity contribution is -0.150. The van der Waals surface area contributed by atoms with Crippen LogP contribution in [0.3, 0.4) is 0 Å². The van der Waals surface area contributed by atoms with Crippen LogP contribution in [0, 0.1) is 0 Å². The lowest BCUT2D eigenvalue weighted by atomic mass is 10.1. The number of anilines is 2. The van der Waals surface area contributed by atoms with Crippen LogP contribution < -0.4 is 5.32 Å². The van der Waals surface area contributed by atoms with Gasteiger partial charge in [-0.25, -0.2) is 4.79 Å². The van der Waals surface area contributed by atoms with Crippen molar-refractivity contribution in [3.8, 4) is 0 Å². The van der Waals surface area contributed by atoms with Gasteiger partial charge < -0.3 is 15.2 Å². The van der Waals surface area contributed by atoms with Crippen LogP contribution in [0.15, 0.2) is 42.5 Å². The summed E-state index contributed by atoms with van der Waals surface area (Å²) >= 11 is 12.2. The van der Waals surface area contributed by atoms with E-state index in [1.807, 2.05) is 0 Å². The van der Waals surface area contributed by atoms with Gasteiger partial charge in [-0.3, -0.25) is 0 Å². The molecule has 21 heavy (non-hydrogen) atoms. The highest BCUT2D eigenvalue weighted by Gasteiger charge is 2.21. The highest BCUT2D eigenvalue weighted by Crippen LogP contribution is 2.35. The number of rotatable bonds is 4. The Morgan fingerprint density at radius 2 is 1.76 bits per heavy atom. The number of benzene rings is 2. The maximum absolute atomic E-state index is 11.5. The number of methoxy groups -OCH3 is 1. The van der Waals surface area contributed by atoms with Crippen molar-refractivity contribution in [1.29, 1.82) is 0 Å². The van der Waals surface area contributed by atoms with Crippen LogP contribution in [0.4, 0.5) is 11.4 Å². The molecular weight excluding hydrogens is 313 g/mol. The largest absolute Gasteiger partial charge is 0.467 e. The van der Waals surface area contributed by atoms with E-state index in [-0.39, 0.29) is 0 Å². The van der Waals surface area contributed by atoms with Gasteiger partial charge in [0, 0.05) is 11.3 Å². The van der Waals surface area contributed by atoms with Crippen molar-refractivity contribution in [3.05, 3.63) is 58.1 Å². The molecule has 4 nitrogen and oxygen atoms in total. The molecule has 0 fully saturated rings. The molecule has 0 aromatic heterocycles. The minimum Gasteiger partial charge on any atom is -0.467 e. The lowest BCUT2D eigenvalue weighted by Gasteiger charge is -2.16. The van der Waals surface area contributed by atoms with Crippen molar-refractivity contribution in [3.63, 3.8) is 0 Å². The van der Waals surface area contributed by atoms with Crippen molar-refractivity contribution in [2.45, 2.75) is 6.10 Å². The van der Waals surface area contributed by atoms with Crippen molar-refractivity contribution < 1.29 is 14.6 Å². The smallest absolute Gasteiger partial charge is 0.339 e. The Morgan fingerprint density at radius 1 is 1.14 bits per heavy atom. The average molecular weight is 326 g/mol. The third-order valence-electron chi connectivity index (χ3n) is 2.90. The van der Waals surface area contributed by atoms with E-state index in [4.69, 9.17) is 23.2 Å². The standard InChI is InChI=1S/C15H13Cl2NO3/c1-21-15(20)14(19)9-5-2-3-8-12(9)18-13-10(16)6-4-7-11(13)17/h2-8,14,18-19H,1H3. The number of halogens is 2. The zero-order valence-electron chi connectivity index (χ0n) is 11.1. The van der Waals surface area contributed by atoms with E-state index in [0.717, 1.165) is 0 Å². The van der Waals surface area contributed by atoms with Gasteiger partial charge in [0.25, 0.3) is 0 Å². The maximum atomic E-state index is 11.5. The molecular formula is C15H13Cl2NO3. The summed E-state index contributed by atoms with van der Waals surface area (Å²) in [5, 5.41) is 13.9. The summed E-state index contributed by atoms with van der Waals surface area (Å²) in [5.74, 6) is -0.741. The monoisotopic (exact) mass is 325 g/mol. The Labute approximate surface area is 132 Å². The summed E-state index contributed by atoms with van der Waals surface area (Å²) in [6.07, 6.45) is -1.39. The van der Waals surface area contributed by atoms with E-state index in [1.165, 1.54) is 7.11 Å². The first-order valence-corrected chi connectivity index (χ1v) is 6.86. The van der Waals surface area contributed by atoms with Gasteiger partial charge in [0.2, 0.25) is 0 Å². The normalized spacial score (nSPS) is 11.8. The molecule has 0 aliphatic rings. The molecule has 110 valence electrons. The topological polar surface area (TPSA) is 58.6 Å². The summed E-state index contributed by atoms with van der Waals surface area (Å²) in [4.78, 5) is 11.5. The van der Waals surface area contributed by atoms with Crippen LogP contribution in [0.5, 0.6) is 0 Å². The number of carbonyl (C=O) groups is 1. The second-order valence-electron chi connectivity index (χ2n) is 4.23. The zero-order valence-corrected chi connectivity index (χ0v) is 12.7. The molecule has 0 radical (unpaired) electrons. The molecule has 0 spiro atoms. The van der Waals surface area contributed by atoms with Gasteiger partial charge in [0.05, 0.1) is 22.8 Å². The first-order chi connectivity index (χ1) is 10.0. The van der Waals surface area contributed by atoms with Gasteiger partial charge in [0.15, 0.2) is 6.10 Å². The molecule has 2 aromatic carbocycles. The van der Waals surface area contributed by atoms with E-state index < -0.39 is 12.1 Å². The Kier molecular flexibility index (Phi) is 5.07. The molecule has 6 heteroatoms. The minimum absolute atomic E-state index is 0.375. The predicted molar refractivity (Wildman–Crippen MR) is 83.2 cm³/mol. The van der Waals surface area contributed by atoms with Crippen molar-refractivity contribution >= 4 is 40.5 Å². The quantitative estimate of drug-likeness (QED) is 0.836. The summed E-state index contributed by atoms with van der Waals surface area (Å²) in [7, 11) is 1.21. The van der Waals surface area contributed by atoms with E-state index >= 15 is 0 Å². The fraction of sp³-hybridized carbons (Fsp3) is 0.133. The van der Waals surface area contributed by atoms with E-state index in [0.29, 0.717) is 27.0 Å². The molecule has 0 amide bonds. The van der Waals surface area contributed by atoms with E-state index in [1.54, 1.807) is 42.5 Å². The second kappa shape index (κ2) is 6.80. The number of hydrogen-bond acceptors (Lipinski definition) is 4. The molecule has 0 saturated heterocycles. The lowest BCUT2D eigenvalue weighted by Crippen LogP contribution is -2.15. The number of aliphatic hydroxyl groups is 1. The Hall–Kier alpha value is -1.75. The van der Waals surface area contributed by atoms with Gasteiger partial charge in [0.1, 0.15) is 0 Å². The summed E-state index contributed by atoms with van der Waals surface area (Å²) < 4.78 is 4.55. The molecule has 0 bridgehead atoms. The molecule has 2 rings (SSSR count). The summed E-state index contributed by atoms with van der Waals surface area (Å²) in [6, 6.07) is 11.9. The van der Waals surface area contributed by atoms with E-state index in [9.17, 15) is 9.90 Å². The Balaban J connectivity index is 2.39. The van der Waals surface area contributed by atoms with Crippen LogP contribution in [0.1, 0.15) is 11.7 Å². The predicted octanol–water partition coefficient (Wildman–Crippen LogP) is 3.94. The fourth-order valence-electron chi connectivity index (χ4n) is 1.84.